The first-order chi connectivity index (χ1) is 12.5. The summed E-state index contributed by atoms with van der Waals surface area (Å²) in [5.41, 5.74) is 2.24. The minimum absolute atomic E-state index is 0.0960. The molecule has 1 aromatic heterocycles. The lowest BCUT2D eigenvalue weighted by molar-refractivity contribution is -0.117. The molecule has 0 spiro atoms. The van der Waals surface area contributed by atoms with Crippen LogP contribution in [0.2, 0.25) is 0 Å². The molecular weight excluding hydrogens is 352 g/mol. The SMILES string of the molecule is COCCNC(=O)NC(=O)CSc1nccn1-c1ccc(C(C)C)cc1. The van der Waals surface area contributed by atoms with Gasteiger partial charge in [-0.3, -0.25) is 14.7 Å². The average Bonchev–Trinajstić information content (AvgIpc) is 3.09. The van der Waals surface area contributed by atoms with Crippen molar-refractivity contribution in [2.45, 2.75) is 24.9 Å². The number of rotatable bonds is 8. The molecule has 26 heavy (non-hydrogen) atoms. The van der Waals surface area contributed by atoms with Gasteiger partial charge in [0.25, 0.3) is 0 Å². The first kappa shape index (κ1) is 20.0. The molecule has 0 unspecified atom stereocenters. The third-order valence-corrected chi connectivity index (χ3v) is 4.59. The summed E-state index contributed by atoms with van der Waals surface area (Å²) < 4.78 is 6.74. The van der Waals surface area contributed by atoms with Gasteiger partial charge in [-0.1, -0.05) is 37.7 Å². The predicted octanol–water partition coefficient (Wildman–Crippen LogP) is 2.56. The molecule has 8 heteroatoms. The summed E-state index contributed by atoms with van der Waals surface area (Å²) in [6, 6.07) is 7.71. The minimum atomic E-state index is -0.528. The summed E-state index contributed by atoms with van der Waals surface area (Å²) in [6.45, 7) is 5.04. The lowest BCUT2D eigenvalue weighted by Crippen LogP contribution is -2.41. The molecule has 2 aromatic rings. The van der Waals surface area contributed by atoms with Crippen LogP contribution in [-0.4, -0.2) is 47.5 Å². The van der Waals surface area contributed by atoms with Crippen molar-refractivity contribution in [3.05, 3.63) is 42.2 Å². The molecule has 7 nitrogen and oxygen atoms in total. The van der Waals surface area contributed by atoms with Crippen LogP contribution in [0.25, 0.3) is 5.69 Å². The molecular formula is C18H24N4O3S. The smallest absolute Gasteiger partial charge is 0.321 e. The number of hydrogen-bond acceptors (Lipinski definition) is 5. The lowest BCUT2D eigenvalue weighted by atomic mass is 10.0. The molecule has 0 fully saturated rings. The zero-order valence-electron chi connectivity index (χ0n) is 15.2. The highest BCUT2D eigenvalue weighted by molar-refractivity contribution is 7.99. The number of nitrogens with zero attached hydrogens (tertiary/aromatic N) is 2. The van der Waals surface area contributed by atoms with Crippen molar-refractivity contribution < 1.29 is 14.3 Å². The van der Waals surface area contributed by atoms with Crippen LogP contribution in [-0.2, 0) is 9.53 Å². The molecule has 0 atom stereocenters. The molecule has 0 aliphatic heterocycles. The summed E-state index contributed by atoms with van der Waals surface area (Å²) in [5.74, 6) is 0.188. The quantitative estimate of drug-likeness (QED) is 0.546. The standard InChI is InChI=1S/C18H24N4O3S/c1-13(2)14-4-6-15(7-5-14)22-10-8-20-18(22)26-12-16(23)21-17(24)19-9-11-25-3/h4-8,10,13H,9,11-12H2,1-3H3,(H2,19,21,23,24). The van der Waals surface area contributed by atoms with Gasteiger partial charge >= 0.3 is 6.03 Å². The van der Waals surface area contributed by atoms with Gasteiger partial charge in [-0.15, -0.1) is 0 Å². The largest absolute Gasteiger partial charge is 0.383 e. The van der Waals surface area contributed by atoms with Crippen molar-refractivity contribution in [2.24, 2.45) is 0 Å². The van der Waals surface area contributed by atoms with E-state index in [1.807, 2.05) is 22.9 Å². The van der Waals surface area contributed by atoms with Crippen molar-refractivity contribution in [1.82, 2.24) is 20.2 Å². The van der Waals surface area contributed by atoms with Crippen molar-refractivity contribution >= 4 is 23.7 Å². The van der Waals surface area contributed by atoms with Gasteiger partial charge in [0, 0.05) is 31.7 Å². The second-order valence-corrected chi connectivity index (χ2v) is 6.85. The molecule has 0 saturated carbocycles. The maximum absolute atomic E-state index is 11.9. The molecule has 2 rings (SSSR count). The van der Waals surface area contributed by atoms with E-state index in [9.17, 15) is 9.59 Å². The number of aromatic nitrogens is 2. The van der Waals surface area contributed by atoms with E-state index in [0.717, 1.165) is 5.69 Å². The van der Waals surface area contributed by atoms with Gasteiger partial charge in [0.05, 0.1) is 12.4 Å². The Bertz CT molecular complexity index is 728. The zero-order chi connectivity index (χ0) is 18.9. The highest BCUT2D eigenvalue weighted by Gasteiger charge is 2.11. The van der Waals surface area contributed by atoms with Crippen molar-refractivity contribution in [3.63, 3.8) is 0 Å². The summed E-state index contributed by atoms with van der Waals surface area (Å²) in [6.07, 6.45) is 3.54. The van der Waals surface area contributed by atoms with Crippen LogP contribution < -0.4 is 10.6 Å². The fourth-order valence-corrected chi connectivity index (χ4v) is 2.99. The van der Waals surface area contributed by atoms with Crippen LogP contribution in [0.15, 0.2) is 41.8 Å². The molecule has 0 aliphatic rings. The molecule has 0 bridgehead atoms. The Balaban J connectivity index is 1.90. The predicted molar refractivity (Wildman–Crippen MR) is 102 cm³/mol. The molecule has 1 heterocycles. The van der Waals surface area contributed by atoms with Gasteiger partial charge in [0.1, 0.15) is 0 Å². The van der Waals surface area contributed by atoms with Crippen molar-refractivity contribution in [1.29, 1.82) is 0 Å². The maximum atomic E-state index is 11.9. The molecule has 0 saturated heterocycles. The number of hydrogen-bond donors (Lipinski definition) is 2. The first-order valence-corrected chi connectivity index (χ1v) is 9.33. The maximum Gasteiger partial charge on any atom is 0.321 e. The molecule has 140 valence electrons. The van der Waals surface area contributed by atoms with Crippen LogP contribution in [0.4, 0.5) is 4.79 Å². The second kappa shape index (κ2) is 9.98. The number of amides is 3. The average molecular weight is 376 g/mol. The third kappa shape index (κ3) is 5.89. The van der Waals surface area contributed by atoms with Gasteiger partial charge in [0.2, 0.25) is 5.91 Å². The number of methoxy groups -OCH3 is 1. The fourth-order valence-electron chi connectivity index (χ4n) is 2.22. The van der Waals surface area contributed by atoms with E-state index >= 15 is 0 Å². The van der Waals surface area contributed by atoms with E-state index in [-0.39, 0.29) is 11.7 Å². The van der Waals surface area contributed by atoms with E-state index < -0.39 is 6.03 Å². The number of carbonyl (C=O) groups excluding carboxylic acids is 2. The number of urea groups is 1. The van der Waals surface area contributed by atoms with Crippen LogP contribution >= 0.6 is 11.8 Å². The number of thioether (sulfide) groups is 1. The van der Waals surface area contributed by atoms with E-state index in [1.54, 1.807) is 13.3 Å². The lowest BCUT2D eigenvalue weighted by Gasteiger charge is -2.10. The summed E-state index contributed by atoms with van der Waals surface area (Å²) in [4.78, 5) is 27.7. The minimum Gasteiger partial charge on any atom is -0.383 e. The summed E-state index contributed by atoms with van der Waals surface area (Å²) >= 11 is 1.27. The van der Waals surface area contributed by atoms with Crippen molar-refractivity contribution in [3.8, 4) is 5.69 Å². The number of imidazole rings is 1. The number of carbonyl (C=O) groups is 2. The van der Waals surface area contributed by atoms with Gasteiger partial charge in [0.15, 0.2) is 5.16 Å². The number of ether oxygens (including phenoxy) is 1. The summed E-state index contributed by atoms with van der Waals surface area (Å²) in [7, 11) is 1.54. The molecule has 0 radical (unpaired) electrons. The topological polar surface area (TPSA) is 85.2 Å². The Morgan fingerprint density at radius 3 is 2.65 bits per heavy atom. The van der Waals surface area contributed by atoms with Crippen LogP contribution in [0, 0.1) is 0 Å². The van der Waals surface area contributed by atoms with E-state index in [4.69, 9.17) is 4.74 Å². The van der Waals surface area contributed by atoms with Crippen LogP contribution in [0.1, 0.15) is 25.3 Å². The van der Waals surface area contributed by atoms with Gasteiger partial charge in [-0.25, -0.2) is 9.78 Å². The number of nitrogens with one attached hydrogen (secondary N) is 2. The highest BCUT2D eigenvalue weighted by atomic mass is 32.2. The van der Waals surface area contributed by atoms with E-state index in [0.29, 0.717) is 24.2 Å². The monoisotopic (exact) mass is 376 g/mol. The van der Waals surface area contributed by atoms with Gasteiger partial charge < -0.3 is 10.1 Å². The molecule has 3 amide bonds. The Hall–Kier alpha value is -2.32. The normalized spacial score (nSPS) is 10.8. The Morgan fingerprint density at radius 2 is 2.00 bits per heavy atom. The third-order valence-electron chi connectivity index (χ3n) is 3.62. The second-order valence-electron chi connectivity index (χ2n) is 5.91. The van der Waals surface area contributed by atoms with Gasteiger partial charge in [-0.2, -0.15) is 0 Å². The first-order valence-electron chi connectivity index (χ1n) is 8.34. The summed E-state index contributed by atoms with van der Waals surface area (Å²) in [5, 5.41) is 5.50. The molecule has 2 N–H and O–H groups in total. The Morgan fingerprint density at radius 1 is 1.27 bits per heavy atom. The Kier molecular flexibility index (Phi) is 7.68. The molecule has 1 aromatic carbocycles. The zero-order valence-corrected chi connectivity index (χ0v) is 16.0. The van der Waals surface area contributed by atoms with Gasteiger partial charge in [-0.05, 0) is 23.6 Å². The highest BCUT2D eigenvalue weighted by Crippen LogP contribution is 2.22. The number of benzene rings is 1. The van der Waals surface area contributed by atoms with Crippen LogP contribution in [0.5, 0.6) is 0 Å². The Labute approximate surface area is 157 Å². The van der Waals surface area contributed by atoms with E-state index in [1.165, 1.54) is 17.3 Å². The van der Waals surface area contributed by atoms with Crippen LogP contribution in [0.3, 0.4) is 0 Å². The van der Waals surface area contributed by atoms with E-state index in [2.05, 4.69) is 41.6 Å². The fraction of sp³-hybridized carbons (Fsp3) is 0.389. The molecule has 0 aliphatic carbocycles. The van der Waals surface area contributed by atoms with Crippen molar-refractivity contribution in [2.75, 3.05) is 26.0 Å². The number of imide groups is 1.